The van der Waals surface area contributed by atoms with Crippen molar-refractivity contribution in [1.82, 2.24) is 20.0 Å². The van der Waals surface area contributed by atoms with Crippen molar-refractivity contribution in [3.63, 3.8) is 0 Å². The van der Waals surface area contributed by atoms with E-state index in [1.165, 1.54) is 5.56 Å². The summed E-state index contributed by atoms with van der Waals surface area (Å²) < 4.78 is 12.8. The highest BCUT2D eigenvalue weighted by molar-refractivity contribution is 5.80. The fourth-order valence-electron chi connectivity index (χ4n) is 3.78. The van der Waals surface area contributed by atoms with Gasteiger partial charge in [-0.15, -0.1) is 0 Å². The molecule has 0 aliphatic carbocycles. The lowest BCUT2D eigenvalue weighted by atomic mass is 10.0. The Balaban J connectivity index is 1.63. The molecule has 1 aromatic carbocycles. The lowest BCUT2D eigenvalue weighted by Gasteiger charge is -2.21. The van der Waals surface area contributed by atoms with Gasteiger partial charge in [0.25, 0.3) is 0 Å². The summed E-state index contributed by atoms with van der Waals surface area (Å²) in [5.74, 6) is 2.84. The molecule has 8 nitrogen and oxygen atoms in total. The van der Waals surface area contributed by atoms with Crippen molar-refractivity contribution in [3.8, 4) is 11.5 Å². The Hall–Kier alpha value is -2.74. The maximum Gasteiger partial charge on any atom is 0.194 e. The SMILES string of the molecule is CCNC(=NCc1ccc(OCCO)c(OC)c1)N1CCC(Cc2cnn(C)c2)C1. The Morgan fingerprint density at radius 2 is 2.20 bits per heavy atom. The first-order chi connectivity index (χ1) is 14.6. The number of hydrogen-bond acceptors (Lipinski definition) is 5. The number of rotatable bonds is 9. The largest absolute Gasteiger partial charge is 0.493 e. The van der Waals surface area contributed by atoms with Crippen molar-refractivity contribution in [2.45, 2.75) is 26.3 Å². The van der Waals surface area contributed by atoms with Crippen LogP contribution in [0.5, 0.6) is 11.5 Å². The first kappa shape index (κ1) is 22.0. The van der Waals surface area contributed by atoms with E-state index in [-0.39, 0.29) is 13.2 Å². The van der Waals surface area contributed by atoms with Gasteiger partial charge in [0, 0.05) is 32.9 Å². The van der Waals surface area contributed by atoms with Gasteiger partial charge in [0.2, 0.25) is 0 Å². The predicted molar refractivity (Wildman–Crippen MR) is 117 cm³/mol. The summed E-state index contributed by atoms with van der Waals surface area (Å²) in [5, 5.41) is 16.7. The zero-order chi connectivity index (χ0) is 21.3. The van der Waals surface area contributed by atoms with Gasteiger partial charge < -0.3 is 24.8 Å². The van der Waals surface area contributed by atoms with E-state index >= 15 is 0 Å². The third-order valence-electron chi connectivity index (χ3n) is 5.19. The highest BCUT2D eigenvalue weighted by Gasteiger charge is 2.25. The van der Waals surface area contributed by atoms with E-state index in [1.807, 2.05) is 36.1 Å². The van der Waals surface area contributed by atoms with E-state index in [9.17, 15) is 0 Å². The third kappa shape index (κ3) is 5.89. The molecule has 164 valence electrons. The number of aliphatic hydroxyl groups is 1. The number of likely N-dealkylation sites (tertiary alicyclic amines) is 1. The van der Waals surface area contributed by atoms with Crippen LogP contribution in [0.4, 0.5) is 0 Å². The first-order valence-electron chi connectivity index (χ1n) is 10.5. The summed E-state index contributed by atoms with van der Waals surface area (Å²) in [4.78, 5) is 7.20. The summed E-state index contributed by atoms with van der Waals surface area (Å²) in [6.07, 6.45) is 6.27. The number of methoxy groups -OCH3 is 1. The molecule has 1 aliphatic rings. The molecule has 30 heavy (non-hydrogen) atoms. The number of aromatic nitrogens is 2. The van der Waals surface area contributed by atoms with E-state index in [0.29, 0.717) is 24.0 Å². The van der Waals surface area contributed by atoms with Crippen LogP contribution >= 0.6 is 0 Å². The Kier molecular flexibility index (Phi) is 7.96. The van der Waals surface area contributed by atoms with Gasteiger partial charge in [0.1, 0.15) is 6.61 Å². The lowest BCUT2D eigenvalue weighted by molar-refractivity contribution is 0.196. The van der Waals surface area contributed by atoms with Crippen molar-refractivity contribution in [2.24, 2.45) is 18.0 Å². The van der Waals surface area contributed by atoms with E-state index in [4.69, 9.17) is 19.6 Å². The summed E-state index contributed by atoms with van der Waals surface area (Å²) in [5.41, 5.74) is 2.34. The molecule has 0 saturated carbocycles. The highest BCUT2D eigenvalue weighted by Crippen LogP contribution is 2.28. The molecule has 1 atom stereocenters. The number of nitrogens with one attached hydrogen (secondary N) is 1. The molecular weight excluding hydrogens is 382 g/mol. The van der Waals surface area contributed by atoms with Gasteiger partial charge in [0.05, 0.1) is 26.5 Å². The van der Waals surface area contributed by atoms with E-state index in [0.717, 1.165) is 44.0 Å². The molecule has 2 N–H and O–H groups in total. The summed E-state index contributed by atoms with van der Waals surface area (Å²) >= 11 is 0. The Morgan fingerprint density at radius 1 is 1.33 bits per heavy atom. The zero-order valence-corrected chi connectivity index (χ0v) is 18.2. The van der Waals surface area contributed by atoms with E-state index < -0.39 is 0 Å². The number of aryl methyl sites for hydroxylation is 1. The quantitative estimate of drug-likeness (QED) is 0.480. The van der Waals surface area contributed by atoms with Crippen molar-refractivity contribution >= 4 is 5.96 Å². The molecule has 1 aliphatic heterocycles. The number of hydrogen-bond donors (Lipinski definition) is 2. The maximum absolute atomic E-state index is 8.95. The molecule has 1 aromatic heterocycles. The smallest absolute Gasteiger partial charge is 0.194 e. The summed E-state index contributed by atoms with van der Waals surface area (Å²) in [6, 6.07) is 5.79. The fourth-order valence-corrected chi connectivity index (χ4v) is 3.78. The highest BCUT2D eigenvalue weighted by atomic mass is 16.5. The van der Waals surface area contributed by atoms with Gasteiger partial charge in [-0.3, -0.25) is 4.68 Å². The fraction of sp³-hybridized carbons (Fsp3) is 0.545. The number of benzene rings is 1. The van der Waals surface area contributed by atoms with Crippen molar-refractivity contribution in [2.75, 3.05) is 40.0 Å². The standard InChI is InChI=1S/C22H33N5O3/c1-4-23-22(27-8-7-18(16-27)11-19-14-25-26(2)15-19)24-13-17-5-6-20(30-10-9-28)21(12-17)29-3/h5-6,12,14-15,18,28H,4,7-11,13,16H2,1-3H3,(H,23,24). The Labute approximate surface area is 178 Å². The average molecular weight is 416 g/mol. The third-order valence-corrected chi connectivity index (χ3v) is 5.19. The normalized spacial score (nSPS) is 16.7. The van der Waals surface area contributed by atoms with Crippen LogP contribution < -0.4 is 14.8 Å². The van der Waals surface area contributed by atoms with Crippen LogP contribution in [0.3, 0.4) is 0 Å². The van der Waals surface area contributed by atoms with Crippen LogP contribution in [0, 0.1) is 5.92 Å². The van der Waals surface area contributed by atoms with Gasteiger partial charge in [-0.2, -0.15) is 5.10 Å². The van der Waals surface area contributed by atoms with Crippen LogP contribution in [0.1, 0.15) is 24.5 Å². The number of guanidine groups is 1. The second-order valence-electron chi connectivity index (χ2n) is 7.55. The van der Waals surface area contributed by atoms with Gasteiger partial charge in [-0.1, -0.05) is 6.07 Å². The predicted octanol–water partition coefficient (Wildman–Crippen LogP) is 1.83. The molecule has 0 amide bonds. The molecule has 2 aromatic rings. The molecule has 8 heteroatoms. The number of aliphatic imine (C=N–C) groups is 1. The van der Waals surface area contributed by atoms with Crippen LogP contribution in [0.15, 0.2) is 35.6 Å². The lowest BCUT2D eigenvalue weighted by Crippen LogP contribution is -2.40. The molecule has 1 saturated heterocycles. The number of aliphatic hydroxyl groups excluding tert-OH is 1. The first-order valence-corrected chi connectivity index (χ1v) is 10.5. The van der Waals surface area contributed by atoms with Gasteiger partial charge in [0.15, 0.2) is 17.5 Å². The summed E-state index contributed by atoms with van der Waals surface area (Å²) in [7, 11) is 3.57. The maximum atomic E-state index is 8.95. The van der Waals surface area contributed by atoms with Gasteiger partial charge in [-0.25, -0.2) is 4.99 Å². The van der Waals surface area contributed by atoms with Gasteiger partial charge >= 0.3 is 0 Å². The van der Waals surface area contributed by atoms with Crippen molar-refractivity contribution < 1.29 is 14.6 Å². The van der Waals surface area contributed by atoms with Crippen LogP contribution in [-0.4, -0.2) is 65.7 Å². The van der Waals surface area contributed by atoms with E-state index in [1.54, 1.807) is 7.11 Å². The Bertz CT molecular complexity index is 836. The minimum atomic E-state index is -0.0289. The minimum Gasteiger partial charge on any atom is -0.493 e. The molecule has 0 spiro atoms. The molecule has 0 radical (unpaired) electrons. The number of nitrogens with zero attached hydrogens (tertiary/aromatic N) is 4. The second kappa shape index (κ2) is 10.9. The summed E-state index contributed by atoms with van der Waals surface area (Å²) in [6.45, 7) is 5.70. The minimum absolute atomic E-state index is 0.0289. The zero-order valence-electron chi connectivity index (χ0n) is 18.2. The molecule has 1 fully saturated rings. The molecule has 1 unspecified atom stereocenters. The van der Waals surface area contributed by atoms with Crippen LogP contribution in [0.25, 0.3) is 0 Å². The van der Waals surface area contributed by atoms with Crippen molar-refractivity contribution in [3.05, 3.63) is 41.7 Å². The van der Waals surface area contributed by atoms with E-state index in [2.05, 4.69) is 28.4 Å². The van der Waals surface area contributed by atoms with Gasteiger partial charge in [-0.05, 0) is 48.9 Å². The number of ether oxygens (including phenoxy) is 2. The monoisotopic (exact) mass is 415 g/mol. The second-order valence-corrected chi connectivity index (χ2v) is 7.55. The average Bonchev–Trinajstić information content (AvgIpc) is 3.38. The van der Waals surface area contributed by atoms with Crippen molar-refractivity contribution in [1.29, 1.82) is 0 Å². The topological polar surface area (TPSA) is 84.1 Å². The molecule has 3 rings (SSSR count). The molecule has 0 bridgehead atoms. The molecular formula is C22H33N5O3. The van der Waals surface area contributed by atoms with Crippen LogP contribution in [-0.2, 0) is 20.0 Å². The van der Waals surface area contributed by atoms with Crippen LogP contribution in [0.2, 0.25) is 0 Å². The molecule has 2 heterocycles. The Morgan fingerprint density at radius 3 is 2.90 bits per heavy atom.